The second-order valence-electron chi connectivity index (χ2n) is 5.59. The van der Waals surface area contributed by atoms with Crippen molar-refractivity contribution in [3.63, 3.8) is 0 Å². The molecule has 0 atom stereocenters. The van der Waals surface area contributed by atoms with Gasteiger partial charge in [0.1, 0.15) is 5.82 Å². The smallest absolute Gasteiger partial charge is 0.325 e. The van der Waals surface area contributed by atoms with Crippen LogP contribution < -0.4 is 10.7 Å². The molecule has 148 valence electrons. The van der Waals surface area contributed by atoms with E-state index in [0.29, 0.717) is 11.6 Å². The summed E-state index contributed by atoms with van der Waals surface area (Å²) < 4.78 is 50.9. The molecule has 0 unspecified atom stereocenters. The summed E-state index contributed by atoms with van der Waals surface area (Å²) in [5, 5.41) is 5.84. The van der Waals surface area contributed by atoms with E-state index in [1.54, 1.807) is 0 Å². The highest BCUT2D eigenvalue weighted by Crippen LogP contribution is 2.33. The fraction of sp³-hybridized carbons (Fsp3) is 0.167. The largest absolute Gasteiger partial charge is 0.416 e. The van der Waals surface area contributed by atoms with Crippen molar-refractivity contribution in [2.75, 3.05) is 5.32 Å². The summed E-state index contributed by atoms with van der Waals surface area (Å²) in [7, 11) is 0. The summed E-state index contributed by atoms with van der Waals surface area (Å²) in [6.45, 7) is 0. The number of hydrazone groups is 1. The molecule has 0 aromatic heterocycles. The van der Waals surface area contributed by atoms with Gasteiger partial charge in [-0.1, -0.05) is 23.7 Å². The van der Waals surface area contributed by atoms with Gasteiger partial charge in [0.2, 0.25) is 11.8 Å². The maximum atomic E-state index is 12.8. The maximum absolute atomic E-state index is 12.8. The first-order valence-corrected chi connectivity index (χ1v) is 8.27. The Balaban J connectivity index is 1.83. The van der Waals surface area contributed by atoms with Gasteiger partial charge < -0.3 is 5.32 Å². The molecule has 0 bridgehead atoms. The molecular formula is C18H14ClF4N3O2. The van der Waals surface area contributed by atoms with Crippen LogP contribution in [-0.4, -0.2) is 18.0 Å². The highest BCUT2D eigenvalue weighted by Gasteiger charge is 2.31. The van der Waals surface area contributed by atoms with Crippen LogP contribution in [0.2, 0.25) is 5.02 Å². The quantitative estimate of drug-likeness (QED) is 0.418. The normalized spacial score (nSPS) is 11.5. The molecule has 0 saturated heterocycles. The number of nitrogens with zero attached hydrogens (tertiary/aromatic N) is 1. The number of amides is 2. The molecular weight excluding hydrogens is 402 g/mol. The first-order chi connectivity index (χ1) is 13.1. The number of alkyl halides is 3. The molecule has 0 spiro atoms. The second-order valence-corrected chi connectivity index (χ2v) is 5.99. The molecule has 0 aliphatic heterocycles. The molecule has 2 aromatic rings. The minimum atomic E-state index is -4.58. The molecule has 0 fully saturated rings. The molecule has 2 amide bonds. The standard InChI is InChI=1S/C18H14ClF4N3O2/c19-14-6-3-12(18(21,22)23)9-15(14)25-16(27)7-8-17(28)26-24-10-11-1-4-13(20)5-2-11/h1-6,9-10H,7-8H2,(H,25,27)(H,26,28)/b24-10-. The molecule has 28 heavy (non-hydrogen) atoms. The predicted octanol–water partition coefficient (Wildman–Crippen LogP) is 4.37. The van der Waals surface area contributed by atoms with E-state index in [1.807, 2.05) is 0 Å². The third-order valence-electron chi connectivity index (χ3n) is 3.42. The van der Waals surface area contributed by atoms with Gasteiger partial charge in [-0.25, -0.2) is 9.82 Å². The fourth-order valence-corrected chi connectivity index (χ4v) is 2.19. The molecule has 2 rings (SSSR count). The van der Waals surface area contributed by atoms with E-state index < -0.39 is 29.4 Å². The first kappa shape index (κ1) is 21.4. The molecule has 0 radical (unpaired) electrons. The van der Waals surface area contributed by atoms with Gasteiger partial charge in [0.25, 0.3) is 0 Å². The van der Waals surface area contributed by atoms with Crippen molar-refractivity contribution in [2.24, 2.45) is 5.10 Å². The SMILES string of the molecule is O=C(CCC(=O)Nc1cc(C(F)(F)F)ccc1Cl)N/N=C\c1ccc(F)cc1. The van der Waals surface area contributed by atoms with Gasteiger partial charge in [-0.3, -0.25) is 9.59 Å². The lowest BCUT2D eigenvalue weighted by Crippen LogP contribution is -2.21. The van der Waals surface area contributed by atoms with Gasteiger partial charge >= 0.3 is 6.18 Å². The average Bonchev–Trinajstić information content (AvgIpc) is 2.62. The van der Waals surface area contributed by atoms with Crippen molar-refractivity contribution >= 4 is 35.3 Å². The van der Waals surface area contributed by atoms with Crippen molar-refractivity contribution in [3.8, 4) is 0 Å². The lowest BCUT2D eigenvalue weighted by molar-refractivity contribution is -0.137. The summed E-state index contributed by atoms with van der Waals surface area (Å²) in [5.41, 5.74) is 1.59. The van der Waals surface area contributed by atoms with Gasteiger partial charge in [-0.2, -0.15) is 18.3 Å². The van der Waals surface area contributed by atoms with Crippen LogP contribution in [0, 0.1) is 5.82 Å². The van der Waals surface area contributed by atoms with Crippen LogP contribution in [0.3, 0.4) is 0 Å². The van der Waals surface area contributed by atoms with Gasteiger partial charge in [-0.15, -0.1) is 0 Å². The number of hydrogen-bond acceptors (Lipinski definition) is 3. The minimum absolute atomic E-state index is 0.0605. The van der Waals surface area contributed by atoms with Crippen molar-refractivity contribution in [1.29, 1.82) is 0 Å². The van der Waals surface area contributed by atoms with E-state index in [2.05, 4.69) is 15.8 Å². The number of benzene rings is 2. The number of rotatable bonds is 6. The van der Waals surface area contributed by atoms with Crippen molar-refractivity contribution in [3.05, 3.63) is 64.4 Å². The molecule has 0 aliphatic rings. The zero-order valence-electron chi connectivity index (χ0n) is 14.2. The highest BCUT2D eigenvalue weighted by atomic mass is 35.5. The number of nitrogens with one attached hydrogen (secondary N) is 2. The van der Waals surface area contributed by atoms with Crippen LogP contribution in [0.5, 0.6) is 0 Å². The second kappa shape index (κ2) is 9.32. The van der Waals surface area contributed by atoms with E-state index >= 15 is 0 Å². The fourth-order valence-electron chi connectivity index (χ4n) is 2.02. The summed E-state index contributed by atoms with van der Waals surface area (Å²) in [5.74, 6) is -1.67. The molecule has 2 N–H and O–H groups in total. The monoisotopic (exact) mass is 415 g/mol. The Morgan fingerprint density at radius 1 is 1.04 bits per heavy atom. The van der Waals surface area contributed by atoms with Crippen LogP contribution in [0.15, 0.2) is 47.6 Å². The maximum Gasteiger partial charge on any atom is 0.416 e. The van der Waals surface area contributed by atoms with Gasteiger partial charge in [0.05, 0.1) is 22.5 Å². The highest BCUT2D eigenvalue weighted by molar-refractivity contribution is 6.33. The summed E-state index contributed by atoms with van der Waals surface area (Å²) in [4.78, 5) is 23.5. The lowest BCUT2D eigenvalue weighted by atomic mass is 10.2. The van der Waals surface area contributed by atoms with Crippen LogP contribution >= 0.6 is 11.6 Å². The number of anilines is 1. The number of halogens is 5. The van der Waals surface area contributed by atoms with Crippen LogP contribution in [0.4, 0.5) is 23.2 Å². The third kappa shape index (κ3) is 6.66. The van der Waals surface area contributed by atoms with Gasteiger partial charge in [0.15, 0.2) is 0 Å². The Kier molecular flexibility index (Phi) is 7.11. The predicted molar refractivity (Wildman–Crippen MR) is 96.5 cm³/mol. The van der Waals surface area contributed by atoms with E-state index in [4.69, 9.17) is 11.6 Å². The summed E-state index contributed by atoms with van der Waals surface area (Å²) >= 11 is 5.79. The van der Waals surface area contributed by atoms with Gasteiger partial charge in [-0.05, 0) is 35.9 Å². The molecule has 0 heterocycles. The molecule has 0 saturated carbocycles. The van der Waals surface area contributed by atoms with E-state index in [1.165, 1.54) is 30.5 Å². The first-order valence-electron chi connectivity index (χ1n) is 7.89. The molecule has 5 nitrogen and oxygen atoms in total. The average molecular weight is 416 g/mol. The Labute approximate surface area is 162 Å². The van der Waals surface area contributed by atoms with Crippen LogP contribution in [-0.2, 0) is 15.8 Å². The van der Waals surface area contributed by atoms with Crippen molar-refractivity contribution in [1.82, 2.24) is 5.43 Å². The van der Waals surface area contributed by atoms with Crippen molar-refractivity contribution < 1.29 is 27.2 Å². The number of hydrogen-bond donors (Lipinski definition) is 2. The number of carbonyl (C=O) groups is 2. The summed E-state index contributed by atoms with van der Waals surface area (Å²) in [6, 6.07) is 7.90. The van der Waals surface area contributed by atoms with Gasteiger partial charge in [0, 0.05) is 12.8 Å². The van der Waals surface area contributed by atoms with E-state index in [9.17, 15) is 27.2 Å². The van der Waals surface area contributed by atoms with Crippen LogP contribution in [0.25, 0.3) is 0 Å². The van der Waals surface area contributed by atoms with E-state index in [0.717, 1.165) is 12.1 Å². The summed E-state index contributed by atoms with van der Waals surface area (Å²) in [6.07, 6.45) is -3.82. The topological polar surface area (TPSA) is 70.6 Å². The number of carbonyl (C=O) groups excluding carboxylic acids is 2. The Morgan fingerprint density at radius 2 is 1.68 bits per heavy atom. The molecule has 10 heteroatoms. The minimum Gasteiger partial charge on any atom is -0.325 e. The lowest BCUT2D eigenvalue weighted by Gasteiger charge is -2.11. The Morgan fingerprint density at radius 3 is 2.32 bits per heavy atom. The zero-order valence-corrected chi connectivity index (χ0v) is 14.9. The Hall–Kier alpha value is -2.94. The molecule has 2 aromatic carbocycles. The molecule has 0 aliphatic carbocycles. The Bertz CT molecular complexity index is 883. The van der Waals surface area contributed by atoms with E-state index in [-0.39, 0.29) is 23.6 Å². The van der Waals surface area contributed by atoms with Crippen molar-refractivity contribution in [2.45, 2.75) is 19.0 Å². The van der Waals surface area contributed by atoms with Crippen LogP contribution in [0.1, 0.15) is 24.0 Å². The third-order valence-corrected chi connectivity index (χ3v) is 3.75. The zero-order chi connectivity index (χ0) is 20.7.